The third-order valence-corrected chi connectivity index (χ3v) is 3.12. The first-order valence-corrected chi connectivity index (χ1v) is 5.80. The number of carbonyl (C=O) groups is 1. The summed E-state index contributed by atoms with van der Waals surface area (Å²) in [5.41, 5.74) is 0.914. The molecule has 2 rings (SSSR count). The van der Waals surface area contributed by atoms with Crippen LogP contribution in [0.3, 0.4) is 0 Å². The third-order valence-electron chi connectivity index (χ3n) is 1.94. The van der Waals surface area contributed by atoms with Gasteiger partial charge in [-0.25, -0.2) is 0 Å². The number of halogens is 2. The summed E-state index contributed by atoms with van der Waals surface area (Å²) in [6.07, 6.45) is 0.690. The summed E-state index contributed by atoms with van der Waals surface area (Å²) in [6.45, 7) is 0. The van der Waals surface area contributed by atoms with E-state index in [0.717, 1.165) is 14.5 Å². The molecule has 0 atom stereocenters. The summed E-state index contributed by atoms with van der Waals surface area (Å²) in [4.78, 5) is 10.5. The molecule has 0 radical (unpaired) electrons. The number of aldehydes is 1. The first kappa shape index (κ1) is 10.6. The Balaban J connectivity index is 2.52. The van der Waals surface area contributed by atoms with Gasteiger partial charge in [0.15, 0.2) is 12.0 Å². The highest BCUT2D eigenvalue weighted by Gasteiger charge is 2.08. The number of benzene rings is 1. The monoisotopic (exact) mass is 328 g/mol. The molecule has 2 nitrogen and oxygen atoms in total. The van der Waals surface area contributed by atoms with Gasteiger partial charge >= 0.3 is 0 Å². The lowest BCUT2D eigenvalue weighted by molar-refractivity contribution is 0.110. The fraction of sp³-hybridized carbons (Fsp3) is 0. The van der Waals surface area contributed by atoms with Gasteiger partial charge in [0.1, 0.15) is 5.76 Å². The van der Waals surface area contributed by atoms with Gasteiger partial charge in [-0.05, 0) is 30.3 Å². The number of carbonyl (C=O) groups excluding carboxylic acids is 1. The van der Waals surface area contributed by atoms with Crippen molar-refractivity contribution in [2.24, 2.45) is 0 Å². The Morgan fingerprint density at radius 3 is 2.60 bits per heavy atom. The Hall–Kier alpha value is -0.870. The second-order valence-corrected chi connectivity index (χ2v) is 4.71. The predicted octanol–water partition coefficient (Wildman–Crippen LogP) is 4.28. The molecule has 0 spiro atoms. The molecule has 0 aliphatic rings. The Kier molecular flexibility index (Phi) is 3.07. The molecule has 0 fully saturated rings. The lowest BCUT2D eigenvalue weighted by Crippen LogP contribution is -1.77. The van der Waals surface area contributed by atoms with E-state index in [1.165, 1.54) is 0 Å². The van der Waals surface area contributed by atoms with Gasteiger partial charge in [0, 0.05) is 14.5 Å². The van der Waals surface area contributed by atoms with E-state index in [-0.39, 0.29) is 0 Å². The van der Waals surface area contributed by atoms with Crippen LogP contribution in [0.5, 0.6) is 0 Å². The van der Waals surface area contributed by atoms with Crippen LogP contribution in [0, 0.1) is 0 Å². The largest absolute Gasteiger partial charge is 0.453 e. The minimum absolute atomic E-state index is 0.330. The van der Waals surface area contributed by atoms with E-state index in [4.69, 9.17) is 4.42 Å². The Morgan fingerprint density at radius 2 is 1.93 bits per heavy atom. The predicted molar refractivity (Wildman–Crippen MR) is 64.9 cm³/mol. The van der Waals surface area contributed by atoms with E-state index in [9.17, 15) is 4.79 Å². The van der Waals surface area contributed by atoms with E-state index in [1.807, 2.05) is 18.2 Å². The topological polar surface area (TPSA) is 30.2 Å². The number of furan rings is 1. The molecule has 2 aromatic rings. The lowest BCUT2D eigenvalue weighted by Gasteiger charge is -2.01. The molecule has 4 heteroatoms. The van der Waals surface area contributed by atoms with Crippen molar-refractivity contribution in [3.63, 3.8) is 0 Å². The summed E-state index contributed by atoms with van der Waals surface area (Å²) in [5, 5.41) is 0. The van der Waals surface area contributed by atoms with Gasteiger partial charge in [0.2, 0.25) is 0 Å². The average Bonchev–Trinajstić information content (AvgIpc) is 2.70. The van der Waals surface area contributed by atoms with Crippen molar-refractivity contribution in [1.29, 1.82) is 0 Å². The van der Waals surface area contributed by atoms with E-state index in [0.29, 0.717) is 17.8 Å². The van der Waals surface area contributed by atoms with Crippen LogP contribution in [0.4, 0.5) is 0 Å². The number of hydrogen-bond donors (Lipinski definition) is 0. The molecule has 0 unspecified atom stereocenters. The van der Waals surface area contributed by atoms with Crippen LogP contribution >= 0.6 is 31.9 Å². The number of hydrogen-bond acceptors (Lipinski definition) is 2. The van der Waals surface area contributed by atoms with Crippen LogP contribution < -0.4 is 0 Å². The summed E-state index contributed by atoms with van der Waals surface area (Å²) < 4.78 is 7.23. The molecule has 76 valence electrons. The third kappa shape index (κ3) is 2.21. The Labute approximate surface area is 104 Å². The van der Waals surface area contributed by atoms with Gasteiger partial charge in [-0.2, -0.15) is 0 Å². The highest BCUT2D eigenvalue weighted by Crippen LogP contribution is 2.31. The van der Waals surface area contributed by atoms with Gasteiger partial charge in [0.05, 0.1) is 0 Å². The van der Waals surface area contributed by atoms with Gasteiger partial charge in [0.25, 0.3) is 0 Å². The Bertz CT molecular complexity index is 503. The van der Waals surface area contributed by atoms with Crippen molar-refractivity contribution in [3.05, 3.63) is 45.0 Å². The van der Waals surface area contributed by atoms with Crippen LogP contribution in [0.25, 0.3) is 11.3 Å². The zero-order chi connectivity index (χ0) is 10.8. The second-order valence-electron chi connectivity index (χ2n) is 2.94. The molecule has 0 bridgehead atoms. The summed E-state index contributed by atoms with van der Waals surface area (Å²) in [7, 11) is 0. The molecule has 1 heterocycles. The minimum atomic E-state index is 0.330. The van der Waals surface area contributed by atoms with Crippen molar-refractivity contribution >= 4 is 38.1 Å². The van der Waals surface area contributed by atoms with E-state index in [2.05, 4.69) is 31.9 Å². The van der Waals surface area contributed by atoms with E-state index < -0.39 is 0 Å². The molecule has 0 aliphatic heterocycles. The summed E-state index contributed by atoms with van der Waals surface area (Å²) >= 11 is 6.81. The molecular weight excluding hydrogens is 324 g/mol. The van der Waals surface area contributed by atoms with Crippen LogP contribution in [-0.2, 0) is 0 Å². The maximum Gasteiger partial charge on any atom is 0.185 e. The highest BCUT2D eigenvalue weighted by atomic mass is 79.9. The molecule has 0 saturated carbocycles. The molecule has 0 saturated heterocycles. The molecule has 0 aliphatic carbocycles. The standard InChI is InChI=1S/C11H6Br2O2/c12-7-1-3-10(13)9(5-7)11-4-2-8(6-14)15-11/h1-6H. The first-order chi connectivity index (χ1) is 7.20. The van der Waals surface area contributed by atoms with Crippen molar-refractivity contribution < 1.29 is 9.21 Å². The molecule has 15 heavy (non-hydrogen) atoms. The SMILES string of the molecule is O=Cc1ccc(-c2cc(Br)ccc2Br)o1. The van der Waals surface area contributed by atoms with Gasteiger partial charge in [-0.15, -0.1) is 0 Å². The van der Waals surface area contributed by atoms with Crippen molar-refractivity contribution in [3.8, 4) is 11.3 Å². The normalized spacial score (nSPS) is 10.3. The fourth-order valence-electron chi connectivity index (χ4n) is 1.25. The average molecular weight is 330 g/mol. The fourth-order valence-corrected chi connectivity index (χ4v) is 2.05. The van der Waals surface area contributed by atoms with Crippen LogP contribution in [0.2, 0.25) is 0 Å². The molecule has 0 N–H and O–H groups in total. The molecule has 0 amide bonds. The number of rotatable bonds is 2. The summed E-state index contributed by atoms with van der Waals surface area (Å²) in [6, 6.07) is 9.20. The first-order valence-electron chi connectivity index (χ1n) is 4.21. The van der Waals surface area contributed by atoms with E-state index in [1.54, 1.807) is 12.1 Å². The molecule has 1 aromatic heterocycles. The van der Waals surface area contributed by atoms with Gasteiger partial charge in [-0.3, -0.25) is 4.79 Å². The maximum atomic E-state index is 10.5. The van der Waals surface area contributed by atoms with Crippen LogP contribution in [0.15, 0.2) is 43.7 Å². The lowest BCUT2D eigenvalue weighted by atomic mass is 10.2. The van der Waals surface area contributed by atoms with Gasteiger partial charge < -0.3 is 4.42 Å². The zero-order valence-corrected chi connectivity index (χ0v) is 10.7. The smallest absolute Gasteiger partial charge is 0.185 e. The summed E-state index contributed by atoms with van der Waals surface area (Å²) in [5.74, 6) is 1.00. The highest BCUT2D eigenvalue weighted by molar-refractivity contribution is 9.11. The molecule has 1 aromatic carbocycles. The minimum Gasteiger partial charge on any atom is -0.453 e. The van der Waals surface area contributed by atoms with Crippen molar-refractivity contribution in [2.75, 3.05) is 0 Å². The maximum absolute atomic E-state index is 10.5. The zero-order valence-electron chi connectivity index (χ0n) is 7.54. The van der Waals surface area contributed by atoms with Gasteiger partial charge in [-0.1, -0.05) is 31.9 Å². The quantitative estimate of drug-likeness (QED) is 0.769. The second kappa shape index (κ2) is 4.33. The van der Waals surface area contributed by atoms with Crippen LogP contribution in [0.1, 0.15) is 10.6 Å². The van der Waals surface area contributed by atoms with E-state index >= 15 is 0 Å². The van der Waals surface area contributed by atoms with Crippen molar-refractivity contribution in [2.45, 2.75) is 0 Å². The molecular formula is C11H6Br2O2. The van der Waals surface area contributed by atoms with Crippen molar-refractivity contribution in [1.82, 2.24) is 0 Å². The Morgan fingerprint density at radius 1 is 1.13 bits per heavy atom. The van der Waals surface area contributed by atoms with Crippen LogP contribution in [-0.4, -0.2) is 6.29 Å².